The Labute approximate surface area is 102 Å². The van der Waals surface area contributed by atoms with Gasteiger partial charge in [0.05, 0.1) is 21.3 Å². The van der Waals surface area contributed by atoms with E-state index in [1.165, 1.54) is 0 Å². The Kier molecular flexibility index (Phi) is 3.43. The lowest BCUT2D eigenvalue weighted by atomic mass is 10.1. The minimum absolute atomic E-state index is 0.454. The fourth-order valence-electron chi connectivity index (χ4n) is 2.26. The van der Waals surface area contributed by atoms with Crippen LogP contribution >= 0.6 is 0 Å². The summed E-state index contributed by atoms with van der Waals surface area (Å²) in [6, 6.07) is 3.79. The van der Waals surface area contributed by atoms with E-state index >= 15 is 0 Å². The lowest BCUT2D eigenvalue weighted by molar-refractivity contribution is 0.368. The lowest BCUT2D eigenvalue weighted by Crippen LogP contribution is -2.04. The van der Waals surface area contributed by atoms with Crippen molar-refractivity contribution >= 4 is 0 Å². The minimum Gasteiger partial charge on any atom is -0.496 e. The van der Waals surface area contributed by atoms with E-state index in [0.717, 1.165) is 29.2 Å². The molecule has 1 saturated carbocycles. The highest BCUT2D eigenvalue weighted by Gasteiger charge is 2.41. The van der Waals surface area contributed by atoms with Crippen molar-refractivity contribution in [1.29, 1.82) is 0 Å². The van der Waals surface area contributed by atoms with E-state index in [1.807, 2.05) is 12.1 Å². The largest absolute Gasteiger partial charge is 0.496 e. The molecule has 0 spiro atoms. The molecule has 1 fully saturated rings. The van der Waals surface area contributed by atoms with Gasteiger partial charge in [-0.1, -0.05) is 0 Å². The van der Waals surface area contributed by atoms with Crippen LogP contribution in [0.5, 0.6) is 17.2 Å². The fourth-order valence-corrected chi connectivity index (χ4v) is 2.26. The quantitative estimate of drug-likeness (QED) is 0.848. The van der Waals surface area contributed by atoms with E-state index < -0.39 is 0 Å². The zero-order valence-electron chi connectivity index (χ0n) is 10.5. The maximum atomic E-state index is 5.69. The summed E-state index contributed by atoms with van der Waals surface area (Å²) in [6.07, 6.45) is 1.11. The van der Waals surface area contributed by atoms with Crippen molar-refractivity contribution < 1.29 is 14.2 Å². The third kappa shape index (κ3) is 2.17. The first-order valence-corrected chi connectivity index (χ1v) is 5.75. The van der Waals surface area contributed by atoms with E-state index in [2.05, 4.69) is 0 Å². The highest BCUT2D eigenvalue weighted by atomic mass is 16.5. The molecule has 4 nitrogen and oxygen atoms in total. The second-order valence-corrected chi connectivity index (χ2v) is 4.28. The fraction of sp³-hybridized carbons (Fsp3) is 0.538. The maximum absolute atomic E-state index is 5.69. The Morgan fingerprint density at radius 3 is 2.06 bits per heavy atom. The molecule has 0 saturated heterocycles. The van der Waals surface area contributed by atoms with Gasteiger partial charge in [-0.15, -0.1) is 0 Å². The maximum Gasteiger partial charge on any atom is 0.129 e. The number of nitrogens with two attached hydrogens (primary N) is 1. The molecule has 2 rings (SSSR count). The average molecular weight is 237 g/mol. The van der Waals surface area contributed by atoms with E-state index in [9.17, 15) is 0 Å². The van der Waals surface area contributed by atoms with Gasteiger partial charge in [0.2, 0.25) is 0 Å². The second-order valence-electron chi connectivity index (χ2n) is 4.28. The van der Waals surface area contributed by atoms with Crippen molar-refractivity contribution in [3.63, 3.8) is 0 Å². The van der Waals surface area contributed by atoms with Gasteiger partial charge in [0.25, 0.3) is 0 Å². The van der Waals surface area contributed by atoms with Crippen LogP contribution in [0.2, 0.25) is 0 Å². The van der Waals surface area contributed by atoms with Crippen LogP contribution in [0, 0.1) is 5.92 Å². The van der Waals surface area contributed by atoms with Crippen LogP contribution in [0.1, 0.15) is 17.9 Å². The molecule has 1 aromatic rings. The van der Waals surface area contributed by atoms with Crippen LogP contribution in [0.3, 0.4) is 0 Å². The Balaban J connectivity index is 2.41. The summed E-state index contributed by atoms with van der Waals surface area (Å²) in [5, 5.41) is 0. The van der Waals surface area contributed by atoms with E-state index in [-0.39, 0.29) is 0 Å². The summed E-state index contributed by atoms with van der Waals surface area (Å²) in [5.74, 6) is 3.39. The van der Waals surface area contributed by atoms with Crippen molar-refractivity contribution in [1.82, 2.24) is 0 Å². The van der Waals surface area contributed by atoms with Crippen LogP contribution in [0.25, 0.3) is 0 Å². The third-order valence-corrected chi connectivity index (χ3v) is 3.35. The molecule has 1 aliphatic rings. The topological polar surface area (TPSA) is 53.7 Å². The molecule has 17 heavy (non-hydrogen) atoms. The molecule has 1 aromatic carbocycles. The molecular formula is C13H19NO3. The summed E-state index contributed by atoms with van der Waals surface area (Å²) in [4.78, 5) is 0. The van der Waals surface area contributed by atoms with Crippen LogP contribution < -0.4 is 19.9 Å². The molecule has 0 unspecified atom stereocenters. The first-order valence-electron chi connectivity index (χ1n) is 5.75. The number of benzene rings is 1. The average Bonchev–Trinajstić information content (AvgIpc) is 3.15. The monoisotopic (exact) mass is 237 g/mol. The molecule has 0 aromatic heterocycles. The molecule has 0 bridgehead atoms. The summed E-state index contributed by atoms with van der Waals surface area (Å²) in [7, 11) is 4.96. The molecule has 2 N–H and O–H groups in total. The smallest absolute Gasteiger partial charge is 0.129 e. The van der Waals surface area contributed by atoms with Gasteiger partial charge in [-0.2, -0.15) is 0 Å². The summed E-state index contributed by atoms with van der Waals surface area (Å²) < 4.78 is 16.1. The first-order chi connectivity index (χ1) is 8.24. The van der Waals surface area contributed by atoms with Crippen LogP contribution in [-0.2, 0) is 0 Å². The van der Waals surface area contributed by atoms with E-state index in [0.29, 0.717) is 18.4 Å². The highest BCUT2D eigenvalue weighted by Crippen LogP contribution is 2.54. The number of hydrogen-bond acceptors (Lipinski definition) is 4. The van der Waals surface area contributed by atoms with Gasteiger partial charge in [-0.3, -0.25) is 0 Å². The molecule has 4 heteroatoms. The van der Waals surface area contributed by atoms with Crippen molar-refractivity contribution in [2.45, 2.75) is 12.3 Å². The molecule has 0 aliphatic heterocycles. The molecule has 1 aliphatic carbocycles. The molecule has 0 radical (unpaired) electrons. The first kappa shape index (κ1) is 12.0. The Morgan fingerprint density at radius 2 is 1.71 bits per heavy atom. The molecule has 94 valence electrons. The van der Waals surface area contributed by atoms with Gasteiger partial charge in [-0.05, 0) is 24.8 Å². The molecule has 0 heterocycles. The Bertz CT molecular complexity index is 381. The van der Waals surface area contributed by atoms with Gasteiger partial charge in [-0.25, -0.2) is 0 Å². The lowest BCUT2D eigenvalue weighted by Gasteiger charge is -2.15. The van der Waals surface area contributed by atoms with Crippen LogP contribution in [0.15, 0.2) is 12.1 Å². The Morgan fingerprint density at radius 1 is 1.12 bits per heavy atom. The second kappa shape index (κ2) is 4.84. The highest BCUT2D eigenvalue weighted by molar-refractivity contribution is 5.54. The Hall–Kier alpha value is -1.42. The van der Waals surface area contributed by atoms with Gasteiger partial charge < -0.3 is 19.9 Å². The van der Waals surface area contributed by atoms with E-state index in [1.54, 1.807) is 21.3 Å². The minimum atomic E-state index is 0.454. The zero-order chi connectivity index (χ0) is 12.4. The predicted molar refractivity (Wildman–Crippen MR) is 66.0 cm³/mol. The van der Waals surface area contributed by atoms with Crippen molar-refractivity contribution in [3.05, 3.63) is 17.7 Å². The number of rotatable bonds is 5. The molecule has 2 atom stereocenters. The summed E-state index contributed by atoms with van der Waals surface area (Å²) >= 11 is 0. The van der Waals surface area contributed by atoms with Gasteiger partial charge in [0.15, 0.2) is 0 Å². The third-order valence-electron chi connectivity index (χ3n) is 3.35. The molecule has 0 amide bonds. The van der Waals surface area contributed by atoms with Gasteiger partial charge in [0, 0.05) is 17.7 Å². The normalized spacial score (nSPS) is 22.1. The number of hydrogen-bond donors (Lipinski definition) is 1. The standard InChI is InChI=1S/C13H19NO3/c1-15-9-5-11(16-2)13(12(6-9)17-3)10-4-8(10)7-14/h5-6,8,10H,4,7,14H2,1-3H3/t8-,10+/m0/s1. The number of methoxy groups -OCH3 is 3. The van der Waals surface area contributed by atoms with Gasteiger partial charge >= 0.3 is 0 Å². The number of ether oxygens (including phenoxy) is 3. The predicted octanol–water partition coefficient (Wildman–Crippen LogP) is 1.77. The summed E-state index contributed by atoms with van der Waals surface area (Å²) in [6.45, 7) is 0.711. The van der Waals surface area contributed by atoms with Gasteiger partial charge in [0.1, 0.15) is 17.2 Å². The van der Waals surface area contributed by atoms with Crippen LogP contribution in [-0.4, -0.2) is 27.9 Å². The SMILES string of the molecule is COc1cc(OC)c([C@@H]2C[C@H]2CN)c(OC)c1. The zero-order valence-corrected chi connectivity index (χ0v) is 10.5. The van der Waals surface area contributed by atoms with Crippen molar-refractivity contribution in [2.24, 2.45) is 11.7 Å². The summed E-state index contributed by atoms with van der Waals surface area (Å²) in [5.41, 5.74) is 6.81. The molecular weight excluding hydrogens is 218 g/mol. The van der Waals surface area contributed by atoms with Crippen LogP contribution in [0.4, 0.5) is 0 Å². The van der Waals surface area contributed by atoms with Crippen molar-refractivity contribution in [2.75, 3.05) is 27.9 Å². The van der Waals surface area contributed by atoms with E-state index in [4.69, 9.17) is 19.9 Å². The van der Waals surface area contributed by atoms with Crippen molar-refractivity contribution in [3.8, 4) is 17.2 Å².